The van der Waals surface area contributed by atoms with Gasteiger partial charge >= 0.3 is 11.9 Å². The quantitative estimate of drug-likeness (QED) is 0.679. The van der Waals surface area contributed by atoms with E-state index in [0.29, 0.717) is 24.0 Å². The number of hydrogen-bond acceptors (Lipinski definition) is 6. The average molecular weight is 466 g/mol. The molecule has 0 radical (unpaired) electrons. The molecule has 3 aliphatic rings. The molecule has 1 spiro atoms. The molecule has 2 aliphatic heterocycles. The highest BCUT2D eigenvalue weighted by atomic mass is 19.1. The molecule has 2 aromatic carbocycles. The van der Waals surface area contributed by atoms with Crippen LogP contribution in [0.4, 0.5) is 4.39 Å². The monoisotopic (exact) mass is 465 g/mol. The van der Waals surface area contributed by atoms with Gasteiger partial charge in [0.1, 0.15) is 11.4 Å². The van der Waals surface area contributed by atoms with Crippen molar-refractivity contribution in [1.29, 1.82) is 0 Å². The molecule has 0 aromatic heterocycles. The molecule has 2 aromatic rings. The van der Waals surface area contributed by atoms with Gasteiger partial charge in [-0.05, 0) is 69.9 Å². The fraction of sp³-hybridized carbons (Fsp3) is 0.407. The maximum Gasteiger partial charge on any atom is 0.334 e. The molecule has 34 heavy (non-hydrogen) atoms. The zero-order chi connectivity index (χ0) is 24.3. The number of aliphatic hydroxyl groups is 1. The second-order valence-corrected chi connectivity index (χ2v) is 9.97. The van der Waals surface area contributed by atoms with E-state index < -0.39 is 34.6 Å². The highest BCUT2D eigenvalue weighted by Gasteiger charge is 2.74. The number of esters is 2. The summed E-state index contributed by atoms with van der Waals surface area (Å²) in [6.45, 7) is 4.88. The van der Waals surface area contributed by atoms with Crippen LogP contribution in [0, 0.1) is 17.2 Å². The van der Waals surface area contributed by atoms with E-state index in [0.717, 1.165) is 30.8 Å². The Kier molecular flexibility index (Phi) is 5.18. The van der Waals surface area contributed by atoms with Crippen LogP contribution >= 0.6 is 0 Å². The smallest absolute Gasteiger partial charge is 0.334 e. The van der Waals surface area contributed by atoms with E-state index in [9.17, 15) is 14.7 Å². The molecule has 178 valence electrons. The van der Waals surface area contributed by atoms with E-state index in [2.05, 4.69) is 4.90 Å². The Morgan fingerprint density at radius 2 is 1.53 bits per heavy atom. The molecular formula is C27H28FNO5. The Labute approximate surface area is 198 Å². The summed E-state index contributed by atoms with van der Waals surface area (Å²) in [6, 6.07) is 12.3. The Bertz CT molecular complexity index is 1160. The van der Waals surface area contributed by atoms with Gasteiger partial charge in [-0.15, -0.1) is 0 Å². The van der Waals surface area contributed by atoms with E-state index >= 15 is 4.39 Å². The van der Waals surface area contributed by atoms with Crippen molar-refractivity contribution in [2.75, 3.05) is 20.1 Å². The predicted molar refractivity (Wildman–Crippen MR) is 123 cm³/mol. The van der Waals surface area contributed by atoms with Crippen LogP contribution < -0.4 is 0 Å². The van der Waals surface area contributed by atoms with Crippen LogP contribution in [0.25, 0.3) is 11.1 Å². The van der Waals surface area contributed by atoms with Crippen LogP contribution in [0.2, 0.25) is 0 Å². The van der Waals surface area contributed by atoms with Gasteiger partial charge in [0.25, 0.3) is 5.79 Å². The highest BCUT2D eigenvalue weighted by molar-refractivity contribution is 5.94. The summed E-state index contributed by atoms with van der Waals surface area (Å²) >= 11 is 0. The molecule has 0 bridgehead atoms. The van der Waals surface area contributed by atoms with Gasteiger partial charge in [-0.3, -0.25) is 0 Å². The van der Waals surface area contributed by atoms with Crippen molar-refractivity contribution in [2.45, 2.75) is 38.1 Å². The van der Waals surface area contributed by atoms with Gasteiger partial charge in [-0.25, -0.2) is 14.0 Å². The Balaban J connectivity index is 1.85. The summed E-state index contributed by atoms with van der Waals surface area (Å²) < 4.78 is 27.3. The molecule has 1 saturated heterocycles. The van der Waals surface area contributed by atoms with E-state index in [1.807, 2.05) is 37.4 Å². The number of benzene rings is 2. The van der Waals surface area contributed by atoms with Gasteiger partial charge < -0.3 is 19.5 Å². The first-order chi connectivity index (χ1) is 16.1. The molecule has 5 rings (SSSR count). The van der Waals surface area contributed by atoms with Crippen LogP contribution in [0.15, 0.2) is 54.6 Å². The zero-order valence-electron chi connectivity index (χ0n) is 19.5. The minimum absolute atomic E-state index is 0.0920. The van der Waals surface area contributed by atoms with E-state index in [1.165, 1.54) is 6.07 Å². The zero-order valence-corrected chi connectivity index (χ0v) is 19.5. The first kappa shape index (κ1) is 22.7. The number of piperidine rings is 1. The van der Waals surface area contributed by atoms with Crippen LogP contribution in [0.3, 0.4) is 0 Å². The van der Waals surface area contributed by atoms with Gasteiger partial charge in [-0.1, -0.05) is 36.4 Å². The SMILES string of the molecule is CN1CCC(C2(O)c3c(-c4ccccc4)ccc(F)c3C3(OC(=O)C=CC(=O)O3)C2(C)C)CC1. The Morgan fingerprint density at radius 3 is 2.12 bits per heavy atom. The molecule has 7 heteroatoms. The lowest BCUT2D eigenvalue weighted by Crippen LogP contribution is -2.56. The predicted octanol–water partition coefficient (Wildman–Crippen LogP) is 3.87. The lowest BCUT2D eigenvalue weighted by atomic mass is 9.63. The average Bonchev–Trinajstić information content (AvgIpc) is 2.90. The summed E-state index contributed by atoms with van der Waals surface area (Å²) in [7, 11) is 2.02. The summed E-state index contributed by atoms with van der Waals surface area (Å²) in [4.78, 5) is 27.4. The second-order valence-electron chi connectivity index (χ2n) is 9.97. The van der Waals surface area contributed by atoms with Crippen molar-refractivity contribution in [3.8, 4) is 11.1 Å². The van der Waals surface area contributed by atoms with Gasteiger partial charge in [-0.2, -0.15) is 0 Å². The fourth-order valence-electron chi connectivity index (χ4n) is 6.04. The van der Waals surface area contributed by atoms with Crippen molar-refractivity contribution >= 4 is 11.9 Å². The van der Waals surface area contributed by atoms with E-state index in [-0.39, 0.29) is 11.5 Å². The van der Waals surface area contributed by atoms with Crippen LogP contribution in [0.5, 0.6) is 0 Å². The minimum atomic E-state index is -2.13. The summed E-state index contributed by atoms with van der Waals surface area (Å²) in [5, 5.41) is 12.7. The standard InChI is InChI=1S/C27H28FNO5/c1-25(2)26(32,18-13-15-29(3)16-14-18)23-19(17-7-5-4-6-8-17)9-10-20(28)24(23)27(25)33-21(30)11-12-22(31)34-27/h4-12,18,32H,13-16H2,1-3H3. The normalized spacial score (nSPS) is 26.1. The van der Waals surface area contributed by atoms with Crippen molar-refractivity contribution in [2.24, 2.45) is 11.3 Å². The maximum absolute atomic E-state index is 15.8. The second kappa shape index (κ2) is 7.75. The fourth-order valence-corrected chi connectivity index (χ4v) is 6.04. The van der Waals surface area contributed by atoms with Crippen molar-refractivity contribution in [3.63, 3.8) is 0 Å². The lowest BCUT2D eigenvalue weighted by molar-refractivity contribution is -0.302. The number of ether oxygens (including phenoxy) is 2. The summed E-state index contributed by atoms with van der Waals surface area (Å²) in [5.74, 6) is -4.78. The molecule has 1 atom stereocenters. The molecule has 1 unspecified atom stereocenters. The van der Waals surface area contributed by atoms with Crippen molar-refractivity contribution in [3.05, 3.63) is 71.6 Å². The number of nitrogens with zero attached hydrogens (tertiary/aromatic N) is 1. The van der Waals surface area contributed by atoms with Crippen LogP contribution in [0.1, 0.15) is 37.8 Å². The van der Waals surface area contributed by atoms with Crippen molar-refractivity contribution in [1.82, 2.24) is 4.90 Å². The molecule has 1 N–H and O–H groups in total. The van der Waals surface area contributed by atoms with Gasteiger partial charge in [0.05, 0.1) is 11.0 Å². The van der Waals surface area contributed by atoms with Crippen molar-refractivity contribution < 1.29 is 28.6 Å². The third-order valence-electron chi connectivity index (χ3n) is 7.88. The largest absolute Gasteiger partial charge is 0.414 e. The van der Waals surface area contributed by atoms with Crippen LogP contribution in [-0.2, 0) is 30.5 Å². The van der Waals surface area contributed by atoms with Gasteiger partial charge in [0.2, 0.25) is 0 Å². The molecule has 1 fully saturated rings. The Hall–Kier alpha value is -3.03. The molecule has 0 saturated carbocycles. The summed E-state index contributed by atoms with van der Waals surface area (Å²) in [5.41, 5.74) is -1.42. The lowest BCUT2D eigenvalue weighted by Gasteiger charge is -2.50. The minimum Gasteiger partial charge on any atom is -0.414 e. The Morgan fingerprint density at radius 1 is 0.941 bits per heavy atom. The van der Waals surface area contributed by atoms with Crippen LogP contribution in [-0.4, -0.2) is 42.1 Å². The summed E-state index contributed by atoms with van der Waals surface area (Å²) in [6.07, 6.45) is 3.24. The number of likely N-dealkylation sites (tertiary alicyclic amines) is 1. The first-order valence-corrected chi connectivity index (χ1v) is 11.6. The number of halogens is 1. The molecule has 0 amide bonds. The number of hydrogen-bond donors (Lipinski definition) is 1. The number of rotatable bonds is 2. The van der Waals surface area contributed by atoms with Gasteiger partial charge in [0.15, 0.2) is 0 Å². The van der Waals surface area contributed by atoms with E-state index in [1.54, 1.807) is 19.9 Å². The number of fused-ring (bicyclic) bond motifs is 2. The molecule has 6 nitrogen and oxygen atoms in total. The number of carbonyl (C=O) groups is 2. The highest BCUT2D eigenvalue weighted by Crippen LogP contribution is 2.67. The number of carbonyl (C=O) groups excluding carboxylic acids is 2. The first-order valence-electron chi connectivity index (χ1n) is 11.6. The molecule has 1 aliphatic carbocycles. The van der Waals surface area contributed by atoms with E-state index in [4.69, 9.17) is 9.47 Å². The van der Waals surface area contributed by atoms with Gasteiger partial charge in [0, 0.05) is 17.7 Å². The third kappa shape index (κ3) is 3.00. The molecular weight excluding hydrogens is 437 g/mol. The topological polar surface area (TPSA) is 76.1 Å². The maximum atomic E-state index is 15.8. The third-order valence-corrected chi connectivity index (χ3v) is 7.88. The molecule has 2 heterocycles.